The monoisotopic (exact) mass is 170 g/mol. The average molecular weight is 170 g/mol. The molecule has 1 heterocycles. The Labute approximate surface area is 72.4 Å². The molecule has 1 aliphatic heterocycles. The molecular formula is C9H14O3. The van der Waals surface area contributed by atoms with Gasteiger partial charge in [-0.15, -0.1) is 0 Å². The van der Waals surface area contributed by atoms with Crippen molar-refractivity contribution in [3.8, 4) is 0 Å². The Balaban J connectivity index is 2.17. The van der Waals surface area contributed by atoms with E-state index in [9.17, 15) is 4.79 Å². The minimum atomic E-state index is -0.259. The van der Waals surface area contributed by atoms with E-state index in [1.165, 1.54) is 6.08 Å². The third-order valence-electron chi connectivity index (χ3n) is 1.74. The Morgan fingerprint density at radius 3 is 2.92 bits per heavy atom. The molecule has 1 saturated heterocycles. The van der Waals surface area contributed by atoms with E-state index in [4.69, 9.17) is 9.47 Å². The van der Waals surface area contributed by atoms with E-state index in [0.717, 1.165) is 18.6 Å². The zero-order chi connectivity index (χ0) is 8.97. The summed E-state index contributed by atoms with van der Waals surface area (Å²) in [7, 11) is 0. The molecule has 0 bridgehead atoms. The van der Waals surface area contributed by atoms with Crippen molar-refractivity contribution in [3.63, 3.8) is 0 Å². The highest BCUT2D eigenvalue weighted by Gasteiger charge is 2.23. The van der Waals surface area contributed by atoms with E-state index in [2.05, 4.69) is 0 Å². The molecule has 1 atom stereocenters. The number of rotatable bonds is 4. The SMILES string of the molecule is CCC(C)=CC(=O)OCC1CO1. The molecule has 0 spiro atoms. The van der Waals surface area contributed by atoms with Crippen LogP contribution >= 0.6 is 0 Å². The number of carbonyl (C=O) groups excluding carboxylic acids is 1. The first-order valence-corrected chi connectivity index (χ1v) is 4.18. The number of ether oxygens (including phenoxy) is 2. The lowest BCUT2D eigenvalue weighted by molar-refractivity contribution is -0.138. The highest BCUT2D eigenvalue weighted by Crippen LogP contribution is 2.09. The Morgan fingerprint density at radius 2 is 2.42 bits per heavy atom. The van der Waals surface area contributed by atoms with Crippen LogP contribution in [0.2, 0.25) is 0 Å². The van der Waals surface area contributed by atoms with E-state index < -0.39 is 0 Å². The van der Waals surface area contributed by atoms with Crippen molar-refractivity contribution < 1.29 is 14.3 Å². The van der Waals surface area contributed by atoms with Crippen molar-refractivity contribution in [1.29, 1.82) is 0 Å². The van der Waals surface area contributed by atoms with Crippen molar-refractivity contribution in [1.82, 2.24) is 0 Å². The third kappa shape index (κ3) is 3.53. The maximum Gasteiger partial charge on any atom is 0.330 e. The first kappa shape index (κ1) is 9.26. The van der Waals surface area contributed by atoms with Crippen molar-refractivity contribution in [2.75, 3.05) is 13.2 Å². The largest absolute Gasteiger partial charge is 0.460 e. The molecule has 0 aromatic carbocycles. The molecule has 0 aromatic rings. The van der Waals surface area contributed by atoms with Gasteiger partial charge in [0.05, 0.1) is 6.61 Å². The molecule has 68 valence electrons. The van der Waals surface area contributed by atoms with Gasteiger partial charge in [0.25, 0.3) is 0 Å². The Bertz CT molecular complexity index is 192. The summed E-state index contributed by atoms with van der Waals surface area (Å²) in [6.45, 7) is 5.04. The minimum absolute atomic E-state index is 0.157. The summed E-state index contributed by atoms with van der Waals surface area (Å²) >= 11 is 0. The number of esters is 1. The molecule has 0 amide bonds. The number of epoxide rings is 1. The normalized spacial score (nSPS) is 22.2. The molecule has 1 unspecified atom stereocenters. The van der Waals surface area contributed by atoms with Crippen molar-refractivity contribution >= 4 is 5.97 Å². The summed E-state index contributed by atoms with van der Waals surface area (Å²) in [5.74, 6) is -0.259. The van der Waals surface area contributed by atoms with Crippen LogP contribution in [0, 0.1) is 0 Å². The third-order valence-corrected chi connectivity index (χ3v) is 1.74. The predicted molar refractivity (Wildman–Crippen MR) is 44.7 cm³/mol. The van der Waals surface area contributed by atoms with Gasteiger partial charge >= 0.3 is 5.97 Å². The molecule has 1 aliphatic rings. The maximum absolute atomic E-state index is 11.0. The topological polar surface area (TPSA) is 38.8 Å². The van der Waals surface area contributed by atoms with Crippen molar-refractivity contribution in [3.05, 3.63) is 11.6 Å². The number of hydrogen-bond donors (Lipinski definition) is 0. The fourth-order valence-corrected chi connectivity index (χ4v) is 0.684. The van der Waals surface area contributed by atoms with Crippen LogP contribution in [-0.2, 0) is 14.3 Å². The van der Waals surface area contributed by atoms with Crippen molar-refractivity contribution in [2.24, 2.45) is 0 Å². The molecule has 0 aliphatic carbocycles. The van der Waals surface area contributed by atoms with E-state index in [1.807, 2.05) is 13.8 Å². The van der Waals surface area contributed by atoms with Gasteiger partial charge in [0.1, 0.15) is 12.7 Å². The second-order valence-corrected chi connectivity index (χ2v) is 2.93. The van der Waals surface area contributed by atoms with Gasteiger partial charge in [-0.2, -0.15) is 0 Å². The van der Waals surface area contributed by atoms with Gasteiger partial charge in [-0.05, 0) is 13.3 Å². The zero-order valence-electron chi connectivity index (χ0n) is 7.50. The first-order valence-electron chi connectivity index (χ1n) is 4.18. The van der Waals surface area contributed by atoms with Gasteiger partial charge in [0.2, 0.25) is 0 Å². The van der Waals surface area contributed by atoms with Gasteiger partial charge in [-0.25, -0.2) is 4.79 Å². The smallest absolute Gasteiger partial charge is 0.330 e. The molecule has 3 nitrogen and oxygen atoms in total. The van der Waals surface area contributed by atoms with Crippen molar-refractivity contribution in [2.45, 2.75) is 26.4 Å². The van der Waals surface area contributed by atoms with Gasteiger partial charge < -0.3 is 9.47 Å². The molecule has 3 heteroatoms. The van der Waals surface area contributed by atoms with Crippen LogP contribution in [0.5, 0.6) is 0 Å². The van der Waals surface area contributed by atoms with Crippen LogP contribution < -0.4 is 0 Å². The maximum atomic E-state index is 11.0. The van der Waals surface area contributed by atoms with E-state index in [-0.39, 0.29) is 12.1 Å². The van der Waals surface area contributed by atoms with Crippen LogP contribution in [0.1, 0.15) is 20.3 Å². The van der Waals surface area contributed by atoms with Gasteiger partial charge in [-0.3, -0.25) is 0 Å². The molecule has 0 N–H and O–H groups in total. The van der Waals surface area contributed by atoms with Crippen LogP contribution in [0.15, 0.2) is 11.6 Å². The second kappa shape index (κ2) is 4.26. The lowest BCUT2D eigenvalue weighted by Gasteiger charge is -1.98. The van der Waals surface area contributed by atoms with Gasteiger partial charge in [0, 0.05) is 6.08 Å². The predicted octanol–water partition coefficient (Wildman–Crippen LogP) is 1.28. The lowest BCUT2D eigenvalue weighted by atomic mass is 10.2. The first-order chi connectivity index (χ1) is 5.72. The van der Waals surface area contributed by atoms with Crippen LogP contribution in [0.4, 0.5) is 0 Å². The summed E-state index contributed by atoms with van der Waals surface area (Å²) in [6, 6.07) is 0. The number of carbonyl (C=O) groups is 1. The Hall–Kier alpha value is -0.830. The molecule has 0 saturated carbocycles. The van der Waals surface area contributed by atoms with Crippen LogP contribution in [-0.4, -0.2) is 25.3 Å². The highest BCUT2D eigenvalue weighted by molar-refractivity contribution is 5.82. The van der Waals surface area contributed by atoms with E-state index >= 15 is 0 Å². The second-order valence-electron chi connectivity index (χ2n) is 2.93. The van der Waals surface area contributed by atoms with Crippen LogP contribution in [0.3, 0.4) is 0 Å². The van der Waals surface area contributed by atoms with E-state index in [0.29, 0.717) is 6.61 Å². The summed E-state index contributed by atoms with van der Waals surface area (Å²) in [4.78, 5) is 11.0. The number of hydrogen-bond acceptors (Lipinski definition) is 3. The minimum Gasteiger partial charge on any atom is -0.460 e. The molecule has 12 heavy (non-hydrogen) atoms. The lowest BCUT2D eigenvalue weighted by Crippen LogP contribution is -2.07. The highest BCUT2D eigenvalue weighted by atomic mass is 16.6. The Morgan fingerprint density at radius 1 is 1.75 bits per heavy atom. The van der Waals surface area contributed by atoms with Gasteiger partial charge in [-0.1, -0.05) is 12.5 Å². The summed E-state index contributed by atoms with van der Waals surface area (Å²) in [5.41, 5.74) is 1.04. The van der Waals surface area contributed by atoms with Crippen LogP contribution in [0.25, 0.3) is 0 Å². The molecular weight excluding hydrogens is 156 g/mol. The van der Waals surface area contributed by atoms with E-state index in [1.54, 1.807) is 0 Å². The zero-order valence-corrected chi connectivity index (χ0v) is 7.50. The summed E-state index contributed by atoms with van der Waals surface area (Å²) in [5, 5.41) is 0. The number of allylic oxidation sites excluding steroid dienone is 1. The fraction of sp³-hybridized carbons (Fsp3) is 0.667. The van der Waals surface area contributed by atoms with Gasteiger partial charge in [0.15, 0.2) is 0 Å². The molecule has 0 radical (unpaired) electrons. The Kier molecular flexibility index (Phi) is 3.29. The summed E-state index contributed by atoms with van der Waals surface area (Å²) in [6.07, 6.45) is 2.57. The molecule has 1 rings (SSSR count). The average Bonchev–Trinajstić information content (AvgIpc) is 2.83. The standard InChI is InChI=1S/C9H14O3/c1-3-7(2)4-9(10)12-6-8-5-11-8/h4,8H,3,5-6H2,1-2H3. The molecule has 0 aromatic heterocycles. The fourth-order valence-electron chi connectivity index (χ4n) is 0.684. The summed E-state index contributed by atoms with van der Waals surface area (Å²) < 4.78 is 9.79. The quantitative estimate of drug-likeness (QED) is 0.362. The molecule has 1 fully saturated rings.